The molecule has 0 spiro atoms. The number of aromatic amines is 1. The van der Waals surface area contributed by atoms with Gasteiger partial charge in [-0.05, 0) is 43.4 Å². The fourth-order valence-electron chi connectivity index (χ4n) is 3.70. The normalized spacial score (nSPS) is 14.8. The highest BCUT2D eigenvalue weighted by atomic mass is 16.2. The number of aromatic nitrogens is 5. The molecule has 9 heteroatoms. The van der Waals surface area contributed by atoms with E-state index in [1.165, 1.54) is 0 Å². The highest BCUT2D eigenvalue weighted by Crippen LogP contribution is 2.18. The van der Waals surface area contributed by atoms with Crippen molar-refractivity contribution in [1.29, 1.82) is 0 Å². The van der Waals surface area contributed by atoms with E-state index in [2.05, 4.69) is 32.2 Å². The van der Waals surface area contributed by atoms with Crippen molar-refractivity contribution in [3.63, 3.8) is 0 Å². The Balaban J connectivity index is 1.38. The van der Waals surface area contributed by atoms with E-state index in [-0.39, 0.29) is 11.5 Å². The average Bonchev–Trinajstić information content (AvgIpc) is 3.29. The van der Waals surface area contributed by atoms with Crippen LogP contribution in [0.5, 0.6) is 0 Å². The Labute approximate surface area is 177 Å². The zero-order chi connectivity index (χ0) is 21.4. The molecule has 1 amide bonds. The first-order valence-electron chi connectivity index (χ1n) is 10.1. The third-order valence-electron chi connectivity index (χ3n) is 5.58. The number of pyridine rings is 2. The SMILES string of the molecule is CN1CCN(C(=O)c2ccc(-n3cc(-c4cc5cnccc5[nH]c4=O)nn3)cc2)CC1. The highest BCUT2D eigenvalue weighted by molar-refractivity contribution is 5.94. The average molecular weight is 415 g/mol. The van der Waals surface area contributed by atoms with Gasteiger partial charge in [0, 0.05) is 49.5 Å². The predicted molar refractivity (Wildman–Crippen MR) is 116 cm³/mol. The molecule has 0 unspecified atom stereocenters. The predicted octanol–water partition coefficient (Wildman–Crippen LogP) is 1.56. The molecule has 1 saturated heterocycles. The van der Waals surface area contributed by atoms with Crippen molar-refractivity contribution in [2.24, 2.45) is 0 Å². The van der Waals surface area contributed by atoms with Crippen molar-refractivity contribution in [1.82, 2.24) is 34.8 Å². The molecule has 1 N–H and O–H groups in total. The molecule has 1 aliphatic heterocycles. The summed E-state index contributed by atoms with van der Waals surface area (Å²) in [6.07, 6.45) is 5.02. The summed E-state index contributed by atoms with van der Waals surface area (Å²) in [5.74, 6) is 0.0373. The van der Waals surface area contributed by atoms with Gasteiger partial charge in [0.2, 0.25) is 0 Å². The summed E-state index contributed by atoms with van der Waals surface area (Å²) in [6.45, 7) is 3.24. The van der Waals surface area contributed by atoms with E-state index < -0.39 is 0 Å². The number of benzene rings is 1. The van der Waals surface area contributed by atoms with Gasteiger partial charge in [-0.1, -0.05) is 5.21 Å². The summed E-state index contributed by atoms with van der Waals surface area (Å²) in [5, 5.41) is 9.13. The molecule has 4 aromatic rings. The fraction of sp³-hybridized carbons (Fsp3) is 0.227. The van der Waals surface area contributed by atoms with Crippen LogP contribution in [0, 0.1) is 0 Å². The van der Waals surface area contributed by atoms with Crippen LogP contribution in [0.15, 0.2) is 59.8 Å². The molecule has 31 heavy (non-hydrogen) atoms. The van der Waals surface area contributed by atoms with Crippen molar-refractivity contribution < 1.29 is 4.79 Å². The van der Waals surface area contributed by atoms with E-state index in [1.54, 1.807) is 47.5 Å². The van der Waals surface area contributed by atoms with Crippen LogP contribution in [0.2, 0.25) is 0 Å². The minimum atomic E-state index is -0.237. The van der Waals surface area contributed by atoms with E-state index in [4.69, 9.17) is 0 Å². The van der Waals surface area contributed by atoms with E-state index in [0.717, 1.165) is 42.8 Å². The quantitative estimate of drug-likeness (QED) is 0.545. The van der Waals surface area contributed by atoms with Crippen LogP contribution in [0.1, 0.15) is 10.4 Å². The Bertz CT molecular complexity index is 1300. The smallest absolute Gasteiger partial charge is 0.258 e. The molecule has 0 bridgehead atoms. The molecule has 0 aliphatic carbocycles. The van der Waals surface area contributed by atoms with Gasteiger partial charge in [-0.15, -0.1) is 5.10 Å². The van der Waals surface area contributed by atoms with E-state index in [9.17, 15) is 9.59 Å². The molecule has 1 fully saturated rings. The largest absolute Gasteiger partial charge is 0.336 e. The van der Waals surface area contributed by atoms with Gasteiger partial charge in [-0.3, -0.25) is 14.6 Å². The Hall–Kier alpha value is -3.85. The van der Waals surface area contributed by atoms with Gasteiger partial charge in [-0.2, -0.15) is 0 Å². The highest BCUT2D eigenvalue weighted by Gasteiger charge is 2.20. The van der Waals surface area contributed by atoms with E-state index in [1.807, 2.05) is 17.0 Å². The molecule has 1 aliphatic rings. The summed E-state index contributed by atoms with van der Waals surface area (Å²) in [5.41, 5.74) is 2.77. The molecule has 3 aromatic heterocycles. The standard InChI is InChI=1S/C22H21N7O2/c1-27-8-10-28(11-9-27)22(31)15-2-4-17(5-3-15)29-14-20(25-26-29)18-12-16-13-23-7-6-19(16)24-21(18)30/h2-7,12-14H,8-11H2,1H3,(H,24,30). The van der Waals surface area contributed by atoms with Crippen LogP contribution in [-0.4, -0.2) is 73.9 Å². The Kier molecular flexibility index (Phi) is 4.79. The lowest BCUT2D eigenvalue weighted by Crippen LogP contribution is -2.47. The zero-order valence-corrected chi connectivity index (χ0v) is 17.0. The lowest BCUT2D eigenvalue weighted by molar-refractivity contribution is 0.0664. The molecular formula is C22H21N7O2. The fourth-order valence-corrected chi connectivity index (χ4v) is 3.70. The number of H-pyrrole nitrogens is 1. The maximum absolute atomic E-state index is 12.7. The Morgan fingerprint density at radius 2 is 1.84 bits per heavy atom. The van der Waals surface area contributed by atoms with Gasteiger partial charge >= 0.3 is 0 Å². The topological polar surface area (TPSA) is 100 Å². The van der Waals surface area contributed by atoms with Gasteiger partial charge in [0.15, 0.2) is 0 Å². The van der Waals surface area contributed by atoms with Crippen LogP contribution in [-0.2, 0) is 0 Å². The minimum Gasteiger partial charge on any atom is -0.336 e. The van der Waals surface area contributed by atoms with Crippen LogP contribution < -0.4 is 5.56 Å². The molecular weight excluding hydrogens is 394 g/mol. The number of nitrogens with one attached hydrogen (secondary N) is 1. The Morgan fingerprint density at radius 1 is 1.06 bits per heavy atom. The zero-order valence-electron chi connectivity index (χ0n) is 17.0. The molecule has 0 saturated carbocycles. The number of likely N-dealkylation sites (N-methyl/N-ethyl adjacent to an activating group) is 1. The maximum Gasteiger partial charge on any atom is 0.258 e. The summed E-state index contributed by atoms with van der Waals surface area (Å²) in [7, 11) is 2.06. The van der Waals surface area contributed by atoms with Gasteiger partial charge < -0.3 is 14.8 Å². The second kappa shape index (κ2) is 7.77. The number of hydrogen-bond donors (Lipinski definition) is 1. The third kappa shape index (κ3) is 3.71. The minimum absolute atomic E-state index is 0.0373. The number of fused-ring (bicyclic) bond motifs is 1. The number of nitrogens with zero attached hydrogens (tertiary/aromatic N) is 6. The first kappa shape index (κ1) is 19.1. The first-order chi connectivity index (χ1) is 15.1. The summed E-state index contributed by atoms with van der Waals surface area (Å²) < 4.78 is 1.59. The summed E-state index contributed by atoms with van der Waals surface area (Å²) >= 11 is 0. The van der Waals surface area contributed by atoms with Crippen molar-refractivity contribution in [2.75, 3.05) is 33.2 Å². The van der Waals surface area contributed by atoms with Crippen molar-refractivity contribution >= 4 is 16.8 Å². The lowest BCUT2D eigenvalue weighted by atomic mass is 10.1. The molecule has 4 heterocycles. The van der Waals surface area contributed by atoms with Gasteiger partial charge in [0.1, 0.15) is 5.69 Å². The number of piperazine rings is 1. The maximum atomic E-state index is 12.7. The molecule has 0 radical (unpaired) electrons. The molecule has 9 nitrogen and oxygen atoms in total. The van der Waals surface area contributed by atoms with Gasteiger partial charge in [0.25, 0.3) is 11.5 Å². The Morgan fingerprint density at radius 3 is 2.61 bits per heavy atom. The van der Waals surface area contributed by atoms with Crippen molar-refractivity contribution in [2.45, 2.75) is 0 Å². The second-order valence-corrected chi connectivity index (χ2v) is 7.67. The van der Waals surface area contributed by atoms with Gasteiger partial charge in [0.05, 0.1) is 23.0 Å². The number of carbonyl (C=O) groups is 1. The van der Waals surface area contributed by atoms with Crippen molar-refractivity contribution in [3.8, 4) is 16.9 Å². The number of hydrogen-bond acceptors (Lipinski definition) is 6. The van der Waals surface area contributed by atoms with Crippen LogP contribution in [0.4, 0.5) is 0 Å². The van der Waals surface area contributed by atoms with Crippen molar-refractivity contribution in [3.05, 3.63) is 70.9 Å². The van der Waals surface area contributed by atoms with Crippen LogP contribution >= 0.6 is 0 Å². The first-order valence-corrected chi connectivity index (χ1v) is 10.1. The number of amides is 1. The number of carbonyl (C=O) groups excluding carboxylic acids is 1. The molecule has 156 valence electrons. The van der Waals surface area contributed by atoms with E-state index >= 15 is 0 Å². The summed E-state index contributed by atoms with van der Waals surface area (Å²) in [6, 6.07) is 10.8. The van der Waals surface area contributed by atoms with E-state index in [0.29, 0.717) is 16.8 Å². The van der Waals surface area contributed by atoms with Crippen LogP contribution in [0.3, 0.4) is 0 Å². The number of rotatable bonds is 3. The molecule has 1 aromatic carbocycles. The third-order valence-corrected chi connectivity index (χ3v) is 5.58. The van der Waals surface area contributed by atoms with Crippen LogP contribution in [0.25, 0.3) is 27.8 Å². The van der Waals surface area contributed by atoms with Gasteiger partial charge in [-0.25, -0.2) is 4.68 Å². The molecule has 5 rings (SSSR count). The second-order valence-electron chi connectivity index (χ2n) is 7.67. The summed E-state index contributed by atoms with van der Waals surface area (Å²) in [4.78, 5) is 36.2. The molecule has 0 atom stereocenters. The monoisotopic (exact) mass is 415 g/mol. The lowest BCUT2D eigenvalue weighted by Gasteiger charge is -2.32.